The van der Waals surface area contributed by atoms with E-state index in [2.05, 4.69) is 20.3 Å². The second-order valence-electron chi connectivity index (χ2n) is 16.3. The maximum absolute atomic E-state index is 14.9. The van der Waals surface area contributed by atoms with Crippen LogP contribution in [0.2, 0.25) is 0 Å². The number of pyridine rings is 2. The molecule has 8 rings (SSSR count). The van der Waals surface area contributed by atoms with Gasteiger partial charge in [0.1, 0.15) is 40.5 Å². The first-order valence-corrected chi connectivity index (χ1v) is 21.1. The largest absolute Gasteiger partial charge is 0.497 e. The van der Waals surface area contributed by atoms with Gasteiger partial charge in [-0.15, -0.1) is 0 Å². The smallest absolute Gasteiger partial charge is 0.259 e. The lowest BCUT2D eigenvalue weighted by Crippen LogP contribution is -2.58. The van der Waals surface area contributed by atoms with Crippen molar-refractivity contribution >= 4 is 44.5 Å². The van der Waals surface area contributed by atoms with E-state index in [1.54, 1.807) is 37.1 Å². The molecule has 5 heterocycles. The Balaban J connectivity index is 1.15. The summed E-state index contributed by atoms with van der Waals surface area (Å²) in [7, 11) is -0.822. The summed E-state index contributed by atoms with van der Waals surface area (Å²) in [6, 6.07) is 9.30. The number of anilines is 1. The van der Waals surface area contributed by atoms with E-state index in [9.17, 15) is 22.8 Å². The van der Waals surface area contributed by atoms with Crippen LogP contribution in [0.25, 0.3) is 10.9 Å². The zero-order valence-electron chi connectivity index (χ0n) is 32.4. The summed E-state index contributed by atoms with van der Waals surface area (Å²) >= 11 is 0. The van der Waals surface area contributed by atoms with Crippen LogP contribution in [0.15, 0.2) is 48.6 Å². The van der Waals surface area contributed by atoms with E-state index < -0.39 is 55.7 Å². The van der Waals surface area contributed by atoms with E-state index in [-0.39, 0.29) is 25.3 Å². The number of aryl methyl sites for hydroxylation is 2. The SMILES string of the molecule is COc1ccc2nc(C)c3c(c2c1)CC[C@]1(C[C@H]2C(=O)N[C@]4(C(=O)NS(=O)(=O)C5(C)CC5)C[C@H]4C=CCCCCC[C@H](Nc4cccc(OC)n4)C(=O)N2C1)O3. The fourth-order valence-electron chi connectivity index (χ4n) is 8.58. The van der Waals surface area contributed by atoms with Gasteiger partial charge in [-0.1, -0.05) is 31.1 Å². The van der Waals surface area contributed by atoms with Gasteiger partial charge in [0.25, 0.3) is 5.91 Å². The minimum absolute atomic E-state index is 0.123. The number of amides is 3. The molecule has 3 aliphatic heterocycles. The molecule has 0 unspecified atom stereocenters. The van der Waals surface area contributed by atoms with Crippen LogP contribution in [-0.2, 0) is 30.8 Å². The van der Waals surface area contributed by atoms with E-state index in [0.717, 1.165) is 42.1 Å². The minimum atomic E-state index is -3.97. The Morgan fingerprint density at radius 2 is 1.86 bits per heavy atom. The van der Waals surface area contributed by atoms with E-state index in [1.165, 1.54) is 7.11 Å². The number of hydrogen-bond acceptors (Lipinski definition) is 11. The minimum Gasteiger partial charge on any atom is -0.497 e. The molecule has 2 saturated carbocycles. The third-order valence-electron chi connectivity index (χ3n) is 12.4. The van der Waals surface area contributed by atoms with E-state index >= 15 is 0 Å². The second-order valence-corrected chi connectivity index (χ2v) is 18.5. The van der Waals surface area contributed by atoms with Crippen molar-refractivity contribution in [2.75, 3.05) is 26.1 Å². The van der Waals surface area contributed by atoms with Crippen LogP contribution in [0, 0.1) is 12.8 Å². The van der Waals surface area contributed by atoms with Crippen molar-refractivity contribution < 1.29 is 37.0 Å². The van der Waals surface area contributed by atoms with E-state index in [1.807, 2.05) is 37.3 Å². The van der Waals surface area contributed by atoms with Gasteiger partial charge >= 0.3 is 0 Å². The third-order valence-corrected chi connectivity index (χ3v) is 14.6. The number of ether oxygens (including phenoxy) is 3. The number of benzene rings is 1. The zero-order chi connectivity index (χ0) is 39.5. The molecular weight excluding hydrogens is 737 g/mol. The summed E-state index contributed by atoms with van der Waals surface area (Å²) in [5.74, 6) is 0.223. The molecule has 3 N–H and O–H groups in total. The Labute approximate surface area is 327 Å². The van der Waals surface area contributed by atoms with Crippen molar-refractivity contribution in [2.45, 2.75) is 112 Å². The topological polar surface area (TPSA) is 178 Å². The maximum atomic E-state index is 14.9. The Bertz CT molecular complexity index is 2230. The van der Waals surface area contributed by atoms with Crippen LogP contribution in [0.1, 0.15) is 82.4 Å². The summed E-state index contributed by atoms with van der Waals surface area (Å²) < 4.78 is 45.6. The number of carbonyl (C=O) groups is 3. The third kappa shape index (κ3) is 6.92. The van der Waals surface area contributed by atoms with E-state index in [0.29, 0.717) is 61.0 Å². The van der Waals surface area contributed by atoms with Crippen molar-refractivity contribution in [2.24, 2.45) is 5.92 Å². The van der Waals surface area contributed by atoms with Crippen LogP contribution in [0.4, 0.5) is 5.82 Å². The van der Waals surface area contributed by atoms with Gasteiger partial charge in [0.15, 0.2) is 0 Å². The van der Waals surface area contributed by atoms with Crippen LogP contribution >= 0.6 is 0 Å². The number of aromatic nitrogens is 2. The van der Waals surface area contributed by atoms with Gasteiger partial charge in [-0.3, -0.25) is 19.1 Å². The summed E-state index contributed by atoms with van der Waals surface area (Å²) in [5, 5.41) is 7.26. The summed E-state index contributed by atoms with van der Waals surface area (Å²) in [4.78, 5) is 54.6. The van der Waals surface area contributed by atoms with Gasteiger partial charge in [0.05, 0.1) is 36.7 Å². The molecule has 0 bridgehead atoms. The molecule has 14 nitrogen and oxygen atoms in total. The Morgan fingerprint density at radius 1 is 1.04 bits per heavy atom. The molecule has 5 atom stereocenters. The van der Waals surface area contributed by atoms with Crippen molar-refractivity contribution in [3.63, 3.8) is 0 Å². The standard InChI is InChI=1S/C41H50N6O8S/c1-25-35-28(29-21-27(53-3)15-16-30(29)42-25)17-18-40(55-35)23-32-36(48)45-41(38(50)46-56(51,52)39(2)19-20-39)22-26(41)11-8-6-5-7-9-12-31(37(49)47(32)24-40)43-33-13-10-14-34(44-33)54-4/h8,10-11,13-16,21,26,31-32H,5-7,9,12,17-20,22-24H2,1-4H3,(H,43,44)(H,45,48)(H,46,50)/t26-,31+,32+,40-,41-/m1/s1. The molecule has 56 heavy (non-hydrogen) atoms. The summed E-state index contributed by atoms with van der Waals surface area (Å²) in [6.45, 7) is 3.64. The number of fused-ring (bicyclic) bond motifs is 5. The van der Waals surface area contributed by atoms with Gasteiger partial charge in [0, 0.05) is 29.4 Å². The van der Waals surface area contributed by atoms with Crippen molar-refractivity contribution in [3.05, 3.63) is 59.8 Å². The fraction of sp³-hybridized carbons (Fsp3) is 0.537. The van der Waals surface area contributed by atoms with Gasteiger partial charge in [-0.05, 0) is 89.5 Å². The highest BCUT2D eigenvalue weighted by molar-refractivity contribution is 7.91. The molecule has 15 heteroatoms. The first kappa shape index (κ1) is 38.0. The first-order valence-electron chi connectivity index (χ1n) is 19.6. The number of carbonyl (C=O) groups excluding carboxylic acids is 3. The average Bonchev–Trinajstić information content (AvgIpc) is 4.08. The molecular formula is C41H50N6O8S. The van der Waals surface area contributed by atoms with Gasteiger partial charge in [-0.2, -0.15) is 4.98 Å². The molecule has 1 aromatic carbocycles. The molecule has 0 radical (unpaired) electrons. The highest BCUT2D eigenvalue weighted by Crippen LogP contribution is 2.49. The normalized spacial score (nSPS) is 28.4. The highest BCUT2D eigenvalue weighted by Gasteiger charge is 2.64. The van der Waals surface area contributed by atoms with Crippen LogP contribution in [0.5, 0.6) is 17.4 Å². The molecule has 5 aliphatic rings. The Morgan fingerprint density at radius 3 is 2.62 bits per heavy atom. The molecule has 1 spiro atoms. The molecule has 2 aliphatic carbocycles. The fourth-order valence-corrected chi connectivity index (χ4v) is 9.90. The van der Waals surface area contributed by atoms with E-state index in [4.69, 9.17) is 19.2 Å². The molecule has 298 valence electrons. The lowest BCUT2D eigenvalue weighted by atomic mass is 9.87. The number of nitrogens with one attached hydrogen (secondary N) is 3. The average molecular weight is 787 g/mol. The van der Waals surface area contributed by atoms with Gasteiger partial charge in [-0.25, -0.2) is 13.4 Å². The molecule has 3 amide bonds. The van der Waals surface area contributed by atoms with Crippen molar-refractivity contribution in [1.29, 1.82) is 0 Å². The van der Waals surface area contributed by atoms with Crippen molar-refractivity contribution in [3.8, 4) is 17.4 Å². The Kier molecular flexibility index (Phi) is 9.65. The zero-order valence-corrected chi connectivity index (χ0v) is 33.2. The molecule has 1 saturated heterocycles. The van der Waals surface area contributed by atoms with Gasteiger partial charge in [0.2, 0.25) is 27.7 Å². The quantitative estimate of drug-likeness (QED) is 0.288. The number of allylic oxidation sites excluding steroid dienone is 1. The number of methoxy groups -OCH3 is 2. The van der Waals surface area contributed by atoms with Crippen LogP contribution in [-0.4, -0.2) is 89.7 Å². The van der Waals surface area contributed by atoms with Crippen molar-refractivity contribution in [1.82, 2.24) is 24.9 Å². The lowest BCUT2D eigenvalue weighted by molar-refractivity contribution is -0.140. The number of nitrogens with zero attached hydrogens (tertiary/aromatic N) is 3. The molecule has 2 aromatic heterocycles. The van der Waals surface area contributed by atoms with Crippen LogP contribution in [0.3, 0.4) is 0 Å². The second kappa shape index (κ2) is 14.2. The summed E-state index contributed by atoms with van der Waals surface area (Å²) in [6.07, 6.45) is 10.1. The molecule has 3 fully saturated rings. The lowest BCUT2D eigenvalue weighted by Gasteiger charge is -2.36. The highest BCUT2D eigenvalue weighted by atomic mass is 32.2. The number of sulfonamides is 1. The number of rotatable bonds is 7. The predicted octanol–water partition coefficient (Wildman–Crippen LogP) is 4.49. The molecule has 3 aromatic rings. The summed E-state index contributed by atoms with van der Waals surface area (Å²) in [5.41, 5.74) is 0.113. The van der Waals surface area contributed by atoms with Gasteiger partial charge < -0.3 is 29.7 Å². The predicted molar refractivity (Wildman–Crippen MR) is 209 cm³/mol. The van der Waals surface area contributed by atoms with Crippen LogP contribution < -0.4 is 29.6 Å². The first-order chi connectivity index (χ1) is 26.8. The number of hydrogen-bond donors (Lipinski definition) is 3. The maximum Gasteiger partial charge on any atom is 0.259 e. The monoisotopic (exact) mass is 786 g/mol. The Hall–Kier alpha value is -4.92.